The van der Waals surface area contributed by atoms with Gasteiger partial charge in [0.05, 0.1) is 11.9 Å². The Labute approximate surface area is 114 Å². The van der Waals surface area contributed by atoms with Crippen molar-refractivity contribution in [3.8, 4) is 0 Å². The van der Waals surface area contributed by atoms with Crippen LogP contribution in [0.5, 0.6) is 0 Å². The van der Waals surface area contributed by atoms with Crippen LogP contribution in [0.4, 0.5) is 11.5 Å². The minimum atomic E-state index is 0.490. The SMILES string of the molecule is CN(C)c1ccc(NC2Cc3ccccc3C2)cn1. The summed E-state index contributed by atoms with van der Waals surface area (Å²) in [6, 6.07) is 13.3. The first-order chi connectivity index (χ1) is 9.22. The lowest BCUT2D eigenvalue weighted by Crippen LogP contribution is -2.19. The molecule has 0 saturated carbocycles. The maximum Gasteiger partial charge on any atom is 0.128 e. The second-order valence-electron chi connectivity index (χ2n) is 5.32. The lowest BCUT2D eigenvalue weighted by Gasteiger charge is -2.15. The van der Waals surface area contributed by atoms with E-state index in [1.54, 1.807) is 0 Å². The topological polar surface area (TPSA) is 28.2 Å². The number of rotatable bonds is 3. The van der Waals surface area contributed by atoms with E-state index < -0.39 is 0 Å². The lowest BCUT2D eigenvalue weighted by molar-refractivity contribution is 0.773. The van der Waals surface area contributed by atoms with Crippen molar-refractivity contribution in [2.45, 2.75) is 18.9 Å². The predicted molar refractivity (Wildman–Crippen MR) is 79.8 cm³/mol. The molecule has 0 aliphatic heterocycles. The summed E-state index contributed by atoms with van der Waals surface area (Å²) < 4.78 is 0. The molecule has 98 valence electrons. The Kier molecular flexibility index (Phi) is 3.11. The Morgan fingerprint density at radius 1 is 1.05 bits per heavy atom. The second kappa shape index (κ2) is 4.92. The molecule has 0 saturated heterocycles. The van der Waals surface area contributed by atoms with E-state index in [0.29, 0.717) is 6.04 Å². The van der Waals surface area contributed by atoms with Crippen LogP contribution in [-0.2, 0) is 12.8 Å². The maximum absolute atomic E-state index is 4.43. The van der Waals surface area contributed by atoms with Crippen LogP contribution in [0.1, 0.15) is 11.1 Å². The van der Waals surface area contributed by atoms with Crippen molar-refractivity contribution < 1.29 is 0 Å². The van der Waals surface area contributed by atoms with E-state index in [1.807, 2.05) is 31.3 Å². The molecule has 1 N–H and O–H groups in total. The Morgan fingerprint density at radius 2 is 1.74 bits per heavy atom. The molecule has 0 bridgehead atoms. The van der Waals surface area contributed by atoms with Crippen molar-refractivity contribution in [2.75, 3.05) is 24.3 Å². The zero-order valence-corrected chi connectivity index (χ0v) is 11.4. The lowest BCUT2D eigenvalue weighted by atomic mass is 10.1. The molecule has 0 fully saturated rings. The van der Waals surface area contributed by atoms with Gasteiger partial charge in [0.1, 0.15) is 5.82 Å². The minimum absolute atomic E-state index is 0.490. The average Bonchev–Trinajstić information content (AvgIpc) is 2.81. The third-order valence-corrected chi connectivity index (χ3v) is 3.63. The van der Waals surface area contributed by atoms with Crippen LogP contribution in [0.3, 0.4) is 0 Å². The van der Waals surface area contributed by atoms with Crippen LogP contribution in [0, 0.1) is 0 Å². The van der Waals surface area contributed by atoms with E-state index in [2.05, 4.69) is 40.6 Å². The standard InChI is InChI=1S/C16H19N3/c1-19(2)16-8-7-14(11-17-16)18-15-9-12-5-3-4-6-13(12)10-15/h3-8,11,15,18H,9-10H2,1-2H3. The smallest absolute Gasteiger partial charge is 0.128 e. The van der Waals surface area contributed by atoms with E-state index in [0.717, 1.165) is 24.3 Å². The largest absolute Gasteiger partial charge is 0.380 e. The first-order valence-electron chi connectivity index (χ1n) is 6.69. The molecule has 0 radical (unpaired) electrons. The molecule has 0 atom stereocenters. The summed E-state index contributed by atoms with van der Waals surface area (Å²) in [4.78, 5) is 6.44. The molecule has 0 amide bonds. The molecule has 3 heteroatoms. The molecule has 1 heterocycles. The highest BCUT2D eigenvalue weighted by atomic mass is 15.1. The molecule has 19 heavy (non-hydrogen) atoms. The van der Waals surface area contributed by atoms with Crippen molar-refractivity contribution in [2.24, 2.45) is 0 Å². The van der Waals surface area contributed by atoms with Crippen molar-refractivity contribution >= 4 is 11.5 Å². The first kappa shape index (κ1) is 12.0. The van der Waals surface area contributed by atoms with Gasteiger partial charge >= 0.3 is 0 Å². The highest BCUT2D eigenvalue weighted by Crippen LogP contribution is 2.24. The van der Waals surface area contributed by atoms with E-state index in [-0.39, 0.29) is 0 Å². The first-order valence-corrected chi connectivity index (χ1v) is 6.69. The number of pyridine rings is 1. The number of anilines is 2. The number of aromatic nitrogens is 1. The molecule has 1 aromatic carbocycles. The van der Waals surface area contributed by atoms with E-state index in [4.69, 9.17) is 0 Å². The third kappa shape index (κ3) is 2.55. The van der Waals surface area contributed by atoms with Crippen molar-refractivity contribution in [1.29, 1.82) is 0 Å². The Bertz CT molecular complexity index is 535. The second-order valence-corrected chi connectivity index (χ2v) is 5.32. The molecule has 1 aliphatic rings. The van der Waals surface area contributed by atoms with Crippen LogP contribution in [0.25, 0.3) is 0 Å². The average molecular weight is 253 g/mol. The van der Waals surface area contributed by atoms with Crippen LogP contribution in [-0.4, -0.2) is 25.1 Å². The van der Waals surface area contributed by atoms with Gasteiger partial charge in [-0.15, -0.1) is 0 Å². The van der Waals surface area contributed by atoms with Gasteiger partial charge in [-0.25, -0.2) is 4.98 Å². The summed E-state index contributed by atoms with van der Waals surface area (Å²) in [7, 11) is 4.01. The fourth-order valence-corrected chi connectivity index (χ4v) is 2.63. The normalized spacial score (nSPS) is 14.2. The van der Waals surface area contributed by atoms with Crippen LogP contribution >= 0.6 is 0 Å². The van der Waals surface area contributed by atoms with Crippen molar-refractivity contribution in [3.05, 3.63) is 53.7 Å². The monoisotopic (exact) mass is 253 g/mol. The van der Waals surface area contributed by atoms with Crippen LogP contribution in [0.15, 0.2) is 42.6 Å². The number of hydrogen-bond acceptors (Lipinski definition) is 3. The van der Waals surface area contributed by atoms with Gasteiger partial charge in [-0.05, 0) is 36.1 Å². The Hall–Kier alpha value is -2.03. The molecular weight excluding hydrogens is 234 g/mol. The highest BCUT2D eigenvalue weighted by Gasteiger charge is 2.20. The molecule has 1 aliphatic carbocycles. The zero-order valence-electron chi connectivity index (χ0n) is 11.4. The number of hydrogen-bond donors (Lipinski definition) is 1. The number of fused-ring (bicyclic) bond motifs is 1. The fourth-order valence-electron chi connectivity index (χ4n) is 2.63. The van der Waals surface area contributed by atoms with Gasteiger partial charge in [-0.1, -0.05) is 24.3 Å². The van der Waals surface area contributed by atoms with Gasteiger partial charge in [0.2, 0.25) is 0 Å². The molecule has 1 aromatic heterocycles. The molecule has 2 aromatic rings. The summed E-state index contributed by atoms with van der Waals surface area (Å²) in [5, 5.41) is 3.57. The number of nitrogens with zero attached hydrogens (tertiary/aromatic N) is 2. The molecular formula is C16H19N3. The van der Waals surface area contributed by atoms with Crippen LogP contribution < -0.4 is 10.2 Å². The maximum atomic E-state index is 4.43. The fraction of sp³-hybridized carbons (Fsp3) is 0.312. The summed E-state index contributed by atoms with van der Waals surface area (Å²) in [5.74, 6) is 0.986. The summed E-state index contributed by atoms with van der Waals surface area (Å²) in [6.07, 6.45) is 4.12. The Balaban J connectivity index is 1.67. The van der Waals surface area contributed by atoms with Gasteiger partial charge in [0.25, 0.3) is 0 Å². The molecule has 3 nitrogen and oxygen atoms in total. The number of benzene rings is 1. The van der Waals surface area contributed by atoms with Gasteiger partial charge < -0.3 is 10.2 Å². The molecule has 3 rings (SSSR count). The van der Waals surface area contributed by atoms with Crippen molar-refractivity contribution in [3.63, 3.8) is 0 Å². The Morgan fingerprint density at radius 3 is 2.26 bits per heavy atom. The predicted octanol–water partition coefficient (Wildman–Crippen LogP) is 2.73. The van der Waals surface area contributed by atoms with Gasteiger partial charge in [-0.3, -0.25) is 0 Å². The number of nitrogens with one attached hydrogen (secondary N) is 1. The van der Waals surface area contributed by atoms with Gasteiger partial charge in [0.15, 0.2) is 0 Å². The molecule has 0 unspecified atom stereocenters. The minimum Gasteiger partial charge on any atom is -0.380 e. The van der Waals surface area contributed by atoms with E-state index in [9.17, 15) is 0 Å². The highest BCUT2D eigenvalue weighted by molar-refractivity contribution is 5.49. The molecule has 0 spiro atoms. The zero-order chi connectivity index (χ0) is 13.2. The van der Waals surface area contributed by atoms with E-state index >= 15 is 0 Å². The van der Waals surface area contributed by atoms with Gasteiger partial charge in [-0.2, -0.15) is 0 Å². The van der Waals surface area contributed by atoms with E-state index in [1.165, 1.54) is 11.1 Å². The quantitative estimate of drug-likeness (QED) is 0.911. The third-order valence-electron chi connectivity index (χ3n) is 3.63. The summed E-state index contributed by atoms with van der Waals surface area (Å²) in [5.41, 5.74) is 4.04. The van der Waals surface area contributed by atoms with Gasteiger partial charge in [0, 0.05) is 20.1 Å². The summed E-state index contributed by atoms with van der Waals surface area (Å²) >= 11 is 0. The van der Waals surface area contributed by atoms with Crippen LogP contribution in [0.2, 0.25) is 0 Å². The van der Waals surface area contributed by atoms with Crippen molar-refractivity contribution in [1.82, 2.24) is 4.98 Å². The summed E-state index contributed by atoms with van der Waals surface area (Å²) in [6.45, 7) is 0.